The number of nitro groups is 1. The molecule has 1 aromatic heterocycles. The van der Waals surface area contributed by atoms with Crippen LogP contribution in [0.4, 0.5) is 18.9 Å². The fourth-order valence-corrected chi connectivity index (χ4v) is 1.71. The van der Waals surface area contributed by atoms with E-state index in [9.17, 15) is 33.5 Å². The summed E-state index contributed by atoms with van der Waals surface area (Å²) in [6.07, 6.45) is -4.13. The lowest BCUT2D eigenvalue weighted by molar-refractivity contribution is -0.385. The third-order valence-corrected chi connectivity index (χ3v) is 2.80. The van der Waals surface area contributed by atoms with E-state index in [0.29, 0.717) is 12.3 Å². The SMILES string of the molecule is O=[N+]([O-])c1cc(/C=N\n2c(C(F)(F)F)n[nH]c2=S)c(O)cc1O. The van der Waals surface area contributed by atoms with E-state index in [1.807, 2.05) is 5.10 Å². The van der Waals surface area contributed by atoms with Gasteiger partial charge in [-0.2, -0.15) is 22.9 Å². The van der Waals surface area contributed by atoms with Gasteiger partial charge in [0.15, 0.2) is 5.75 Å². The van der Waals surface area contributed by atoms with E-state index in [1.54, 1.807) is 0 Å². The number of hydrogen-bond acceptors (Lipinski definition) is 7. The second kappa shape index (κ2) is 5.68. The molecule has 0 radical (unpaired) electrons. The second-order valence-corrected chi connectivity index (χ2v) is 4.45. The van der Waals surface area contributed by atoms with Gasteiger partial charge in [0.05, 0.1) is 11.1 Å². The first-order chi connectivity index (χ1) is 10.6. The average Bonchev–Trinajstić information content (AvgIpc) is 2.78. The molecule has 0 bridgehead atoms. The van der Waals surface area contributed by atoms with E-state index in [4.69, 9.17) is 0 Å². The normalized spacial score (nSPS) is 12.0. The molecule has 0 unspecified atom stereocenters. The topological polar surface area (TPSA) is 130 Å². The molecule has 1 aromatic carbocycles. The van der Waals surface area contributed by atoms with Crippen molar-refractivity contribution < 1.29 is 28.3 Å². The Morgan fingerprint density at radius 3 is 2.61 bits per heavy atom. The number of aromatic nitrogens is 3. The largest absolute Gasteiger partial charge is 0.507 e. The Morgan fingerprint density at radius 2 is 2.04 bits per heavy atom. The molecule has 3 N–H and O–H groups in total. The molecule has 0 spiro atoms. The summed E-state index contributed by atoms with van der Waals surface area (Å²) in [5, 5.41) is 37.8. The molecule has 0 aliphatic rings. The number of nitrogens with zero attached hydrogens (tertiary/aromatic N) is 4. The third kappa shape index (κ3) is 3.28. The summed E-state index contributed by atoms with van der Waals surface area (Å²) in [5.74, 6) is -2.87. The van der Waals surface area contributed by atoms with E-state index in [-0.39, 0.29) is 10.2 Å². The summed E-state index contributed by atoms with van der Waals surface area (Å²) in [7, 11) is 0. The number of benzene rings is 1. The summed E-state index contributed by atoms with van der Waals surface area (Å²) in [6, 6.07) is 1.41. The van der Waals surface area contributed by atoms with Crippen LogP contribution in [0.3, 0.4) is 0 Å². The number of alkyl halides is 3. The standard InChI is InChI=1S/C10H6F3N5O4S/c11-10(12,13)8-15-16-9(23)17(8)14-3-4-1-5(18(21)22)7(20)2-6(4)19/h1-3,19-20H,(H,16,23)/b14-3-. The Hall–Kier alpha value is -2.96. The van der Waals surface area contributed by atoms with Crippen molar-refractivity contribution in [3.63, 3.8) is 0 Å². The van der Waals surface area contributed by atoms with Crippen molar-refractivity contribution in [1.82, 2.24) is 14.9 Å². The maximum Gasteiger partial charge on any atom is 0.453 e. The van der Waals surface area contributed by atoms with Crippen LogP contribution in [0.1, 0.15) is 11.4 Å². The summed E-state index contributed by atoms with van der Waals surface area (Å²) in [6.45, 7) is 0. The zero-order valence-electron chi connectivity index (χ0n) is 10.8. The molecule has 0 aliphatic heterocycles. The number of hydrogen-bond donors (Lipinski definition) is 3. The highest BCUT2D eigenvalue weighted by Gasteiger charge is 2.37. The van der Waals surface area contributed by atoms with Crippen LogP contribution < -0.4 is 0 Å². The third-order valence-electron chi connectivity index (χ3n) is 2.54. The van der Waals surface area contributed by atoms with Crippen LogP contribution in [0.15, 0.2) is 17.2 Å². The lowest BCUT2D eigenvalue weighted by atomic mass is 10.2. The van der Waals surface area contributed by atoms with Gasteiger partial charge in [-0.3, -0.25) is 10.1 Å². The molecule has 0 fully saturated rings. The molecule has 1 heterocycles. The van der Waals surface area contributed by atoms with E-state index in [1.165, 1.54) is 0 Å². The smallest absolute Gasteiger partial charge is 0.453 e. The van der Waals surface area contributed by atoms with Crippen LogP contribution in [0.25, 0.3) is 0 Å². The summed E-state index contributed by atoms with van der Waals surface area (Å²) >= 11 is 4.60. The highest BCUT2D eigenvalue weighted by atomic mass is 32.1. The molecule has 2 rings (SSSR count). The molecule has 0 amide bonds. The summed E-state index contributed by atoms with van der Waals surface area (Å²) < 4.78 is 37.9. The number of aromatic hydroxyl groups is 2. The maximum absolute atomic E-state index is 12.7. The van der Waals surface area contributed by atoms with Gasteiger partial charge >= 0.3 is 11.9 Å². The van der Waals surface area contributed by atoms with Gasteiger partial charge in [-0.15, -0.1) is 5.10 Å². The zero-order valence-corrected chi connectivity index (χ0v) is 11.6. The molecule has 0 saturated carbocycles. The average molecular weight is 349 g/mol. The summed E-state index contributed by atoms with van der Waals surface area (Å²) in [5.41, 5.74) is -1.05. The number of phenols is 2. The molecule has 122 valence electrons. The van der Waals surface area contributed by atoms with Gasteiger partial charge in [0, 0.05) is 17.7 Å². The highest BCUT2D eigenvalue weighted by Crippen LogP contribution is 2.32. The van der Waals surface area contributed by atoms with Gasteiger partial charge in [0.2, 0.25) is 4.77 Å². The molecule has 0 aliphatic carbocycles. The predicted molar refractivity (Wildman–Crippen MR) is 71.8 cm³/mol. The first-order valence-electron chi connectivity index (χ1n) is 5.60. The van der Waals surface area contributed by atoms with Crippen molar-refractivity contribution in [2.45, 2.75) is 6.18 Å². The van der Waals surface area contributed by atoms with Crippen LogP contribution in [-0.2, 0) is 6.18 Å². The van der Waals surface area contributed by atoms with Crippen molar-refractivity contribution >= 4 is 24.1 Å². The van der Waals surface area contributed by atoms with Crippen LogP contribution in [0.5, 0.6) is 11.5 Å². The lowest BCUT2D eigenvalue weighted by Crippen LogP contribution is -2.12. The Balaban J connectivity index is 2.50. The number of halogens is 3. The van der Waals surface area contributed by atoms with E-state index < -0.39 is 38.9 Å². The molecular formula is C10H6F3N5O4S. The number of rotatable bonds is 3. The van der Waals surface area contributed by atoms with E-state index in [2.05, 4.69) is 22.4 Å². The Kier molecular flexibility index (Phi) is 4.05. The second-order valence-electron chi connectivity index (χ2n) is 4.06. The molecule has 23 heavy (non-hydrogen) atoms. The summed E-state index contributed by atoms with van der Waals surface area (Å²) in [4.78, 5) is 9.76. The quantitative estimate of drug-likeness (QED) is 0.337. The Morgan fingerprint density at radius 1 is 1.39 bits per heavy atom. The number of nitro benzene ring substituents is 1. The molecule has 0 saturated heterocycles. The number of phenolic OH excluding ortho intramolecular Hbond substituents is 2. The fourth-order valence-electron chi connectivity index (χ4n) is 1.53. The molecule has 2 aromatic rings. The highest BCUT2D eigenvalue weighted by molar-refractivity contribution is 7.71. The minimum atomic E-state index is -4.84. The molecule has 13 heteroatoms. The van der Waals surface area contributed by atoms with Crippen LogP contribution in [-0.4, -0.2) is 36.2 Å². The van der Waals surface area contributed by atoms with Gasteiger partial charge in [-0.25, -0.2) is 5.10 Å². The van der Waals surface area contributed by atoms with Crippen molar-refractivity contribution in [3.05, 3.63) is 38.4 Å². The van der Waals surface area contributed by atoms with Gasteiger partial charge < -0.3 is 10.2 Å². The van der Waals surface area contributed by atoms with Crippen molar-refractivity contribution in [3.8, 4) is 11.5 Å². The van der Waals surface area contributed by atoms with Crippen LogP contribution in [0.2, 0.25) is 0 Å². The molecular weight excluding hydrogens is 343 g/mol. The number of nitrogens with one attached hydrogen (secondary N) is 1. The minimum absolute atomic E-state index is 0.244. The van der Waals surface area contributed by atoms with Crippen LogP contribution >= 0.6 is 12.2 Å². The maximum atomic E-state index is 12.7. The van der Waals surface area contributed by atoms with Crippen LogP contribution in [0, 0.1) is 14.9 Å². The first-order valence-corrected chi connectivity index (χ1v) is 6.01. The van der Waals surface area contributed by atoms with Gasteiger partial charge in [-0.1, -0.05) is 0 Å². The number of H-pyrrole nitrogens is 1. The van der Waals surface area contributed by atoms with Gasteiger partial charge in [-0.05, 0) is 12.2 Å². The number of aromatic amines is 1. The lowest BCUT2D eigenvalue weighted by Gasteiger charge is -2.04. The monoisotopic (exact) mass is 349 g/mol. The van der Waals surface area contributed by atoms with E-state index >= 15 is 0 Å². The fraction of sp³-hybridized carbons (Fsp3) is 0.100. The first kappa shape index (κ1) is 16.4. The van der Waals surface area contributed by atoms with Crippen molar-refractivity contribution in [2.75, 3.05) is 0 Å². The van der Waals surface area contributed by atoms with Crippen molar-refractivity contribution in [2.24, 2.45) is 5.10 Å². The van der Waals surface area contributed by atoms with E-state index in [0.717, 1.165) is 6.07 Å². The van der Waals surface area contributed by atoms with Gasteiger partial charge in [0.25, 0.3) is 5.82 Å². The minimum Gasteiger partial charge on any atom is -0.507 e. The van der Waals surface area contributed by atoms with Gasteiger partial charge in [0.1, 0.15) is 5.75 Å². The zero-order chi connectivity index (χ0) is 17.4. The molecule has 0 atom stereocenters. The Bertz CT molecular complexity index is 857. The van der Waals surface area contributed by atoms with Crippen molar-refractivity contribution in [1.29, 1.82) is 0 Å². The molecule has 9 nitrogen and oxygen atoms in total. The Labute approximate surface area is 129 Å². The predicted octanol–water partition coefficient (Wildman–Crippen LogP) is 2.16.